The summed E-state index contributed by atoms with van der Waals surface area (Å²) in [4.78, 5) is 0. The molecule has 1 aromatic carbocycles. The fourth-order valence-electron chi connectivity index (χ4n) is 2.04. The van der Waals surface area contributed by atoms with Gasteiger partial charge >= 0.3 is 0 Å². The number of hydrogen-bond acceptors (Lipinski definition) is 3. The molecule has 0 saturated heterocycles. The molecule has 4 nitrogen and oxygen atoms in total. The van der Waals surface area contributed by atoms with Crippen LogP contribution < -0.4 is 10.1 Å². The van der Waals surface area contributed by atoms with Crippen LogP contribution >= 0.6 is 15.9 Å². The Balaban J connectivity index is 1.99. The van der Waals surface area contributed by atoms with Crippen LogP contribution in [0.1, 0.15) is 16.8 Å². The summed E-state index contributed by atoms with van der Waals surface area (Å²) < 4.78 is 8.25. The lowest BCUT2D eigenvalue weighted by Gasteiger charge is -2.10. The lowest BCUT2D eigenvalue weighted by atomic mass is 10.2. The molecule has 1 heterocycles. The number of aromatic nitrogens is 2. The van der Waals surface area contributed by atoms with E-state index >= 15 is 0 Å². The van der Waals surface area contributed by atoms with Gasteiger partial charge < -0.3 is 10.1 Å². The molecule has 5 heteroatoms. The second kappa shape index (κ2) is 6.21. The van der Waals surface area contributed by atoms with Crippen LogP contribution in [0.2, 0.25) is 0 Å². The highest BCUT2D eigenvalue weighted by molar-refractivity contribution is 9.10. The maximum absolute atomic E-state index is 5.35. The number of aryl methyl sites for hydroxylation is 2. The van der Waals surface area contributed by atoms with Crippen molar-refractivity contribution < 1.29 is 4.74 Å². The Bertz CT molecular complexity index is 566. The molecule has 0 bridgehead atoms. The molecule has 19 heavy (non-hydrogen) atoms. The Labute approximate surface area is 121 Å². The zero-order valence-electron chi connectivity index (χ0n) is 11.4. The first-order chi connectivity index (χ1) is 9.10. The molecule has 0 atom stereocenters. The van der Waals surface area contributed by atoms with Gasteiger partial charge in [-0.05, 0) is 25.1 Å². The molecular weight excluding hydrogens is 306 g/mol. The molecule has 2 rings (SSSR count). The Morgan fingerprint density at radius 3 is 2.68 bits per heavy atom. The van der Waals surface area contributed by atoms with Gasteiger partial charge in [-0.25, -0.2) is 0 Å². The maximum Gasteiger partial charge on any atom is 0.123 e. The van der Waals surface area contributed by atoms with Crippen LogP contribution in [0.25, 0.3) is 0 Å². The highest BCUT2D eigenvalue weighted by atomic mass is 79.9. The summed E-state index contributed by atoms with van der Waals surface area (Å²) in [6.45, 7) is 3.59. The average Bonchev–Trinajstić information content (AvgIpc) is 2.68. The second-order valence-electron chi connectivity index (χ2n) is 4.47. The largest absolute Gasteiger partial charge is 0.496 e. The number of methoxy groups -OCH3 is 1. The van der Waals surface area contributed by atoms with Gasteiger partial charge in [-0.1, -0.05) is 15.9 Å². The van der Waals surface area contributed by atoms with E-state index in [0.29, 0.717) is 0 Å². The topological polar surface area (TPSA) is 39.1 Å². The molecular formula is C14H18BrN3O. The Morgan fingerprint density at radius 2 is 2.05 bits per heavy atom. The van der Waals surface area contributed by atoms with Gasteiger partial charge in [-0.2, -0.15) is 5.10 Å². The van der Waals surface area contributed by atoms with Gasteiger partial charge in [0.2, 0.25) is 0 Å². The molecule has 0 aliphatic rings. The van der Waals surface area contributed by atoms with E-state index < -0.39 is 0 Å². The van der Waals surface area contributed by atoms with Crippen molar-refractivity contribution in [3.05, 3.63) is 45.7 Å². The van der Waals surface area contributed by atoms with Crippen molar-refractivity contribution in [2.24, 2.45) is 7.05 Å². The van der Waals surface area contributed by atoms with Crippen LogP contribution in [0.4, 0.5) is 0 Å². The molecule has 1 N–H and O–H groups in total. The smallest absolute Gasteiger partial charge is 0.123 e. The van der Waals surface area contributed by atoms with E-state index in [9.17, 15) is 0 Å². The fourth-order valence-corrected chi connectivity index (χ4v) is 2.45. The first-order valence-electron chi connectivity index (χ1n) is 6.12. The number of nitrogens with one attached hydrogen (secondary N) is 1. The van der Waals surface area contributed by atoms with E-state index in [0.717, 1.165) is 34.6 Å². The first kappa shape index (κ1) is 14.1. The van der Waals surface area contributed by atoms with Gasteiger partial charge in [0.15, 0.2) is 0 Å². The van der Waals surface area contributed by atoms with E-state index in [1.54, 1.807) is 7.11 Å². The van der Waals surface area contributed by atoms with Gasteiger partial charge in [0.05, 0.1) is 12.8 Å². The van der Waals surface area contributed by atoms with Gasteiger partial charge in [-0.3, -0.25) is 4.68 Å². The molecule has 0 radical (unpaired) electrons. The number of ether oxygens (including phenoxy) is 1. The standard InChI is InChI=1S/C14H18BrN3O/c1-10-12(9-18(2)17-10)8-16-7-11-6-13(15)4-5-14(11)19-3/h4-6,9,16H,7-8H2,1-3H3. The summed E-state index contributed by atoms with van der Waals surface area (Å²) in [6, 6.07) is 6.02. The molecule has 0 aliphatic heterocycles. The van der Waals surface area contributed by atoms with Gasteiger partial charge in [-0.15, -0.1) is 0 Å². The van der Waals surface area contributed by atoms with E-state index in [1.807, 2.05) is 37.0 Å². The molecule has 0 spiro atoms. The van der Waals surface area contributed by atoms with Crippen molar-refractivity contribution in [2.45, 2.75) is 20.0 Å². The summed E-state index contributed by atoms with van der Waals surface area (Å²) in [5.41, 5.74) is 3.42. The number of nitrogens with zero attached hydrogens (tertiary/aromatic N) is 2. The highest BCUT2D eigenvalue weighted by Crippen LogP contribution is 2.22. The van der Waals surface area contributed by atoms with Gasteiger partial charge in [0.1, 0.15) is 5.75 Å². The van der Waals surface area contributed by atoms with Gasteiger partial charge in [0.25, 0.3) is 0 Å². The third-order valence-corrected chi connectivity index (χ3v) is 3.48. The average molecular weight is 324 g/mol. The molecule has 102 valence electrons. The second-order valence-corrected chi connectivity index (χ2v) is 5.39. The third kappa shape index (κ3) is 3.58. The Kier molecular flexibility index (Phi) is 4.61. The van der Waals surface area contributed by atoms with Crippen molar-refractivity contribution in [3.8, 4) is 5.75 Å². The highest BCUT2D eigenvalue weighted by Gasteiger charge is 2.05. The van der Waals surface area contributed by atoms with Crippen molar-refractivity contribution in [1.82, 2.24) is 15.1 Å². The summed E-state index contributed by atoms with van der Waals surface area (Å²) in [6.07, 6.45) is 2.04. The van der Waals surface area contributed by atoms with Gasteiger partial charge in [0, 0.05) is 41.9 Å². The van der Waals surface area contributed by atoms with E-state index in [-0.39, 0.29) is 0 Å². The number of rotatable bonds is 5. The minimum absolute atomic E-state index is 0.761. The zero-order chi connectivity index (χ0) is 13.8. The first-order valence-corrected chi connectivity index (χ1v) is 6.91. The van der Waals surface area contributed by atoms with E-state index in [1.165, 1.54) is 5.56 Å². The predicted octanol–water partition coefficient (Wildman–Crippen LogP) is 2.79. The van der Waals surface area contributed by atoms with E-state index in [2.05, 4.69) is 32.4 Å². The van der Waals surface area contributed by atoms with Crippen LogP contribution in [0, 0.1) is 6.92 Å². The molecule has 2 aromatic rings. The predicted molar refractivity (Wildman–Crippen MR) is 79.2 cm³/mol. The van der Waals surface area contributed by atoms with Crippen LogP contribution in [0.3, 0.4) is 0 Å². The maximum atomic E-state index is 5.35. The van der Waals surface area contributed by atoms with E-state index in [4.69, 9.17) is 4.74 Å². The van der Waals surface area contributed by atoms with Crippen LogP contribution in [-0.2, 0) is 20.1 Å². The Morgan fingerprint density at radius 1 is 1.32 bits per heavy atom. The summed E-state index contributed by atoms with van der Waals surface area (Å²) in [5.74, 6) is 0.901. The SMILES string of the molecule is COc1ccc(Br)cc1CNCc1cn(C)nc1C. The summed E-state index contributed by atoms with van der Waals surface area (Å²) >= 11 is 3.48. The quantitative estimate of drug-likeness (QED) is 0.919. The molecule has 0 aliphatic carbocycles. The molecule has 1 aromatic heterocycles. The lowest BCUT2D eigenvalue weighted by molar-refractivity contribution is 0.407. The summed E-state index contributed by atoms with van der Waals surface area (Å²) in [7, 11) is 3.63. The monoisotopic (exact) mass is 323 g/mol. The zero-order valence-corrected chi connectivity index (χ0v) is 13.0. The minimum Gasteiger partial charge on any atom is -0.496 e. The molecule has 0 saturated carbocycles. The molecule has 0 unspecified atom stereocenters. The van der Waals surface area contributed by atoms with Crippen LogP contribution in [-0.4, -0.2) is 16.9 Å². The minimum atomic E-state index is 0.761. The molecule has 0 amide bonds. The lowest BCUT2D eigenvalue weighted by Crippen LogP contribution is -2.13. The third-order valence-electron chi connectivity index (χ3n) is 2.99. The number of halogens is 1. The molecule has 0 fully saturated rings. The number of hydrogen-bond donors (Lipinski definition) is 1. The van der Waals surface area contributed by atoms with Crippen molar-refractivity contribution in [2.75, 3.05) is 7.11 Å². The van der Waals surface area contributed by atoms with Crippen molar-refractivity contribution in [3.63, 3.8) is 0 Å². The normalized spacial score (nSPS) is 10.7. The van der Waals surface area contributed by atoms with Crippen molar-refractivity contribution >= 4 is 15.9 Å². The summed E-state index contributed by atoms with van der Waals surface area (Å²) in [5, 5.41) is 7.75. The van der Waals surface area contributed by atoms with Crippen molar-refractivity contribution in [1.29, 1.82) is 0 Å². The van der Waals surface area contributed by atoms with Crippen LogP contribution in [0.5, 0.6) is 5.75 Å². The number of benzene rings is 1. The Hall–Kier alpha value is -1.33. The van der Waals surface area contributed by atoms with Crippen LogP contribution in [0.15, 0.2) is 28.9 Å². The fraction of sp³-hybridized carbons (Fsp3) is 0.357.